The zero-order valence-corrected chi connectivity index (χ0v) is 23.1. The topological polar surface area (TPSA) is 105 Å². The van der Waals surface area contributed by atoms with Gasteiger partial charge in [0.05, 0.1) is 11.9 Å². The summed E-state index contributed by atoms with van der Waals surface area (Å²) in [4.78, 5) is 27.5. The Bertz CT molecular complexity index is 1240. The first-order valence-electron chi connectivity index (χ1n) is 12.7. The van der Waals surface area contributed by atoms with E-state index in [9.17, 15) is 22.4 Å². The van der Waals surface area contributed by atoms with Gasteiger partial charge in [0, 0.05) is 37.2 Å². The van der Waals surface area contributed by atoms with Crippen molar-refractivity contribution < 1.29 is 31.9 Å². The van der Waals surface area contributed by atoms with Crippen LogP contribution in [0.5, 0.6) is 11.5 Å². The predicted molar refractivity (Wildman–Crippen MR) is 143 cm³/mol. The molecule has 1 heterocycles. The molecule has 0 spiro atoms. The van der Waals surface area contributed by atoms with Crippen LogP contribution in [0.25, 0.3) is 0 Å². The summed E-state index contributed by atoms with van der Waals surface area (Å²) in [5.74, 6) is -0.191. The lowest BCUT2D eigenvalue weighted by molar-refractivity contribution is -0.141. The number of anilines is 1. The van der Waals surface area contributed by atoms with E-state index in [1.54, 1.807) is 43.3 Å². The molecular weight excluding hydrogens is 513 g/mol. The van der Waals surface area contributed by atoms with E-state index < -0.39 is 21.9 Å². The first kappa shape index (κ1) is 29.2. The van der Waals surface area contributed by atoms with E-state index in [1.165, 1.54) is 15.3 Å². The predicted octanol–water partition coefficient (Wildman–Crippen LogP) is 3.48. The molecule has 0 aromatic heterocycles. The average molecular weight is 550 g/mol. The van der Waals surface area contributed by atoms with E-state index in [1.807, 2.05) is 13.8 Å². The lowest BCUT2D eigenvalue weighted by Gasteiger charge is -2.30. The van der Waals surface area contributed by atoms with Gasteiger partial charge in [-0.2, -0.15) is 0 Å². The Hall–Kier alpha value is -3.34. The van der Waals surface area contributed by atoms with Crippen molar-refractivity contribution in [2.24, 2.45) is 0 Å². The number of nitrogens with zero attached hydrogens (tertiary/aromatic N) is 2. The van der Waals surface area contributed by atoms with Crippen molar-refractivity contribution in [1.29, 1.82) is 0 Å². The Morgan fingerprint density at radius 2 is 1.76 bits per heavy atom. The second kappa shape index (κ2) is 12.9. The van der Waals surface area contributed by atoms with Gasteiger partial charge in [0.2, 0.25) is 21.8 Å². The molecule has 1 aliphatic heterocycles. The summed E-state index contributed by atoms with van der Waals surface area (Å²) in [5.41, 5.74) is 0.687. The summed E-state index contributed by atoms with van der Waals surface area (Å²) >= 11 is 0. The number of fused-ring (bicyclic) bond motifs is 1. The second-order valence-corrected chi connectivity index (χ2v) is 11.3. The SMILES string of the molecule is CC[C@H](C)NC(=O)[C@H](C)N(Cc1ccccc1F)C(=O)CCCN(c1ccc2c(c1)OCCO2)S(C)(=O)=O. The van der Waals surface area contributed by atoms with Crippen molar-refractivity contribution in [2.75, 3.05) is 30.3 Å². The van der Waals surface area contributed by atoms with Crippen molar-refractivity contribution in [3.63, 3.8) is 0 Å². The standard InChI is InChI=1S/C27H36FN3O6S/c1-5-19(2)29-27(33)20(3)30(18-21-9-6-7-10-23(21)28)26(32)11-8-14-31(38(4,34)35)22-12-13-24-25(17-22)37-16-15-36-24/h6-7,9-10,12-13,17,19-20H,5,8,11,14-16,18H2,1-4H3,(H,29,33)/t19-,20-/m0/s1. The van der Waals surface area contributed by atoms with Crippen molar-refractivity contribution in [3.05, 3.63) is 53.8 Å². The van der Waals surface area contributed by atoms with Crippen LogP contribution in [0.2, 0.25) is 0 Å². The highest BCUT2D eigenvalue weighted by molar-refractivity contribution is 7.92. The number of benzene rings is 2. The smallest absolute Gasteiger partial charge is 0.242 e. The fourth-order valence-electron chi connectivity index (χ4n) is 4.05. The first-order valence-corrected chi connectivity index (χ1v) is 14.6. The molecule has 1 N–H and O–H groups in total. The highest BCUT2D eigenvalue weighted by Gasteiger charge is 2.28. The molecule has 0 aliphatic carbocycles. The zero-order valence-electron chi connectivity index (χ0n) is 22.3. The van der Waals surface area contributed by atoms with E-state index >= 15 is 0 Å². The fourth-order valence-corrected chi connectivity index (χ4v) is 5.01. The molecule has 2 atom stereocenters. The number of sulfonamides is 1. The van der Waals surface area contributed by atoms with E-state index in [4.69, 9.17) is 9.47 Å². The molecule has 2 aromatic carbocycles. The minimum Gasteiger partial charge on any atom is -0.486 e. The third-order valence-corrected chi connectivity index (χ3v) is 7.63. The van der Waals surface area contributed by atoms with Crippen LogP contribution >= 0.6 is 0 Å². The van der Waals surface area contributed by atoms with Gasteiger partial charge in [0.25, 0.3) is 0 Å². The molecule has 1 aliphatic rings. The molecule has 2 aromatic rings. The van der Waals surface area contributed by atoms with Crippen LogP contribution in [-0.4, -0.2) is 63.2 Å². The Kier molecular flexibility index (Phi) is 9.96. The van der Waals surface area contributed by atoms with Gasteiger partial charge in [-0.05, 0) is 44.9 Å². The molecule has 0 saturated carbocycles. The lowest BCUT2D eigenvalue weighted by atomic mass is 10.1. The molecular formula is C27H36FN3O6S. The fraction of sp³-hybridized carbons (Fsp3) is 0.481. The van der Waals surface area contributed by atoms with Crippen LogP contribution < -0.4 is 19.1 Å². The summed E-state index contributed by atoms with van der Waals surface area (Å²) in [5, 5.41) is 2.87. The second-order valence-electron chi connectivity index (χ2n) is 9.37. The van der Waals surface area contributed by atoms with Crippen LogP contribution in [0.3, 0.4) is 0 Å². The van der Waals surface area contributed by atoms with Crippen molar-refractivity contribution in [1.82, 2.24) is 10.2 Å². The van der Waals surface area contributed by atoms with Crippen LogP contribution in [0.4, 0.5) is 10.1 Å². The van der Waals surface area contributed by atoms with Gasteiger partial charge in [0.1, 0.15) is 25.1 Å². The molecule has 0 saturated heterocycles. The van der Waals surface area contributed by atoms with E-state index in [0.29, 0.717) is 30.4 Å². The molecule has 0 bridgehead atoms. The zero-order chi connectivity index (χ0) is 27.9. The minimum absolute atomic E-state index is 0.0329. The van der Waals surface area contributed by atoms with Gasteiger partial charge in [-0.15, -0.1) is 0 Å². The largest absolute Gasteiger partial charge is 0.486 e. The molecule has 2 amide bonds. The number of nitrogens with one attached hydrogen (secondary N) is 1. The number of carbonyl (C=O) groups excluding carboxylic acids is 2. The average Bonchev–Trinajstić information content (AvgIpc) is 2.89. The van der Waals surface area contributed by atoms with E-state index in [-0.39, 0.29) is 49.4 Å². The molecule has 0 radical (unpaired) electrons. The third-order valence-electron chi connectivity index (χ3n) is 6.43. The van der Waals surface area contributed by atoms with Crippen LogP contribution in [0.15, 0.2) is 42.5 Å². The van der Waals surface area contributed by atoms with Gasteiger partial charge >= 0.3 is 0 Å². The normalized spacial score (nSPS) is 14.3. The lowest BCUT2D eigenvalue weighted by Crippen LogP contribution is -2.49. The van der Waals surface area contributed by atoms with Gasteiger partial charge in [-0.1, -0.05) is 25.1 Å². The number of ether oxygens (including phenoxy) is 2. The number of hydrogen-bond acceptors (Lipinski definition) is 6. The van der Waals surface area contributed by atoms with Gasteiger partial charge in [-0.25, -0.2) is 12.8 Å². The Balaban J connectivity index is 1.75. The number of amides is 2. The molecule has 3 rings (SSSR count). The molecule has 0 fully saturated rings. The highest BCUT2D eigenvalue weighted by atomic mass is 32.2. The van der Waals surface area contributed by atoms with Crippen LogP contribution in [0.1, 0.15) is 45.6 Å². The van der Waals surface area contributed by atoms with Crippen molar-refractivity contribution >= 4 is 27.5 Å². The number of rotatable bonds is 12. The maximum atomic E-state index is 14.4. The molecule has 38 heavy (non-hydrogen) atoms. The Labute approximate surface area is 224 Å². The maximum absolute atomic E-state index is 14.4. The van der Waals surface area contributed by atoms with Crippen molar-refractivity contribution in [3.8, 4) is 11.5 Å². The van der Waals surface area contributed by atoms with Crippen LogP contribution in [0, 0.1) is 5.82 Å². The van der Waals surface area contributed by atoms with E-state index in [0.717, 1.165) is 12.7 Å². The monoisotopic (exact) mass is 549 g/mol. The Morgan fingerprint density at radius 1 is 1.08 bits per heavy atom. The van der Waals surface area contributed by atoms with Gasteiger partial charge < -0.3 is 19.7 Å². The quantitative estimate of drug-likeness (QED) is 0.435. The van der Waals surface area contributed by atoms with Crippen molar-refractivity contribution in [2.45, 2.75) is 58.7 Å². The number of halogens is 1. The molecule has 0 unspecified atom stereocenters. The highest BCUT2D eigenvalue weighted by Crippen LogP contribution is 2.34. The van der Waals surface area contributed by atoms with Crippen LogP contribution in [-0.2, 0) is 26.2 Å². The molecule has 208 valence electrons. The summed E-state index contributed by atoms with van der Waals surface area (Å²) in [6.45, 7) is 6.14. The summed E-state index contributed by atoms with van der Waals surface area (Å²) in [6, 6.07) is 10.1. The molecule has 11 heteroatoms. The minimum atomic E-state index is -3.66. The van der Waals surface area contributed by atoms with E-state index in [2.05, 4.69) is 5.32 Å². The van der Waals surface area contributed by atoms with Gasteiger partial charge in [-0.3, -0.25) is 13.9 Å². The third kappa shape index (κ3) is 7.59. The van der Waals surface area contributed by atoms with Gasteiger partial charge in [0.15, 0.2) is 11.5 Å². The Morgan fingerprint density at radius 3 is 2.42 bits per heavy atom. The molecule has 9 nitrogen and oxygen atoms in total. The summed E-state index contributed by atoms with van der Waals surface area (Å²) in [7, 11) is -3.66. The number of carbonyl (C=O) groups is 2. The first-order chi connectivity index (χ1) is 18.0. The number of hydrogen-bond donors (Lipinski definition) is 1. The summed E-state index contributed by atoms with van der Waals surface area (Å²) < 4.78 is 51.9. The maximum Gasteiger partial charge on any atom is 0.242 e. The summed E-state index contributed by atoms with van der Waals surface area (Å²) in [6.07, 6.45) is 1.97.